The van der Waals surface area contributed by atoms with Crippen LogP contribution in [0.5, 0.6) is 5.75 Å². The fraction of sp³-hybridized carbons (Fsp3) is 0.273. The number of aliphatic hydroxyl groups excluding tert-OH is 1. The Hall–Kier alpha value is -2.47. The Bertz CT molecular complexity index is 870. The minimum absolute atomic E-state index is 0.136. The molecule has 4 nitrogen and oxygen atoms in total. The van der Waals surface area contributed by atoms with Crippen molar-refractivity contribution in [1.82, 2.24) is 10.6 Å². The van der Waals surface area contributed by atoms with E-state index in [4.69, 9.17) is 9.84 Å². The molecular formula is C22H25FN2O2. The van der Waals surface area contributed by atoms with Gasteiger partial charge in [0.1, 0.15) is 18.2 Å². The predicted octanol–water partition coefficient (Wildman–Crippen LogP) is 3.23. The molecule has 27 heavy (non-hydrogen) atoms. The van der Waals surface area contributed by atoms with Crippen LogP contribution in [0, 0.1) is 5.82 Å². The molecule has 0 saturated heterocycles. The van der Waals surface area contributed by atoms with Gasteiger partial charge in [-0.25, -0.2) is 4.39 Å². The van der Waals surface area contributed by atoms with Gasteiger partial charge >= 0.3 is 0 Å². The molecule has 0 aliphatic rings. The van der Waals surface area contributed by atoms with Gasteiger partial charge in [-0.05, 0) is 22.9 Å². The summed E-state index contributed by atoms with van der Waals surface area (Å²) in [5.41, 5.74) is 1.60. The quantitative estimate of drug-likeness (QED) is 0.481. The van der Waals surface area contributed by atoms with Crippen LogP contribution in [0.3, 0.4) is 0 Å². The van der Waals surface area contributed by atoms with Crippen LogP contribution in [0.15, 0.2) is 60.7 Å². The molecule has 0 aliphatic carbocycles. The van der Waals surface area contributed by atoms with Gasteiger partial charge in [-0.3, -0.25) is 0 Å². The molecule has 3 aromatic rings. The normalized spacial score (nSPS) is 11.0. The van der Waals surface area contributed by atoms with Crippen LogP contribution < -0.4 is 15.4 Å². The second-order valence-corrected chi connectivity index (χ2v) is 6.29. The Morgan fingerprint density at radius 2 is 1.63 bits per heavy atom. The van der Waals surface area contributed by atoms with Crippen molar-refractivity contribution >= 4 is 10.8 Å². The number of ether oxygens (including phenoxy) is 1. The van der Waals surface area contributed by atoms with Crippen LogP contribution >= 0.6 is 0 Å². The van der Waals surface area contributed by atoms with Crippen LogP contribution in [0.1, 0.15) is 11.1 Å². The number of nitrogens with one attached hydrogen (secondary N) is 2. The van der Waals surface area contributed by atoms with Gasteiger partial charge in [0.05, 0.1) is 6.61 Å². The lowest BCUT2D eigenvalue weighted by atomic mass is 10.0. The molecule has 0 amide bonds. The lowest BCUT2D eigenvalue weighted by Crippen LogP contribution is -2.29. The third-order valence-electron chi connectivity index (χ3n) is 4.41. The van der Waals surface area contributed by atoms with E-state index in [9.17, 15) is 4.39 Å². The molecule has 0 aliphatic heterocycles. The van der Waals surface area contributed by atoms with Crippen LogP contribution in [0.25, 0.3) is 10.8 Å². The highest BCUT2D eigenvalue weighted by Crippen LogP contribution is 2.29. The van der Waals surface area contributed by atoms with E-state index < -0.39 is 0 Å². The number of hydrogen-bond acceptors (Lipinski definition) is 4. The maximum absolute atomic E-state index is 13.9. The molecule has 3 N–H and O–H groups in total. The van der Waals surface area contributed by atoms with E-state index in [1.807, 2.05) is 30.3 Å². The summed E-state index contributed by atoms with van der Waals surface area (Å²) in [7, 11) is 0. The summed E-state index contributed by atoms with van der Waals surface area (Å²) < 4.78 is 19.9. The van der Waals surface area contributed by atoms with E-state index in [1.165, 1.54) is 6.07 Å². The first-order valence-electron chi connectivity index (χ1n) is 9.18. The fourth-order valence-electron chi connectivity index (χ4n) is 3.00. The minimum atomic E-state index is -0.257. The molecule has 3 rings (SSSR count). The van der Waals surface area contributed by atoms with Crippen molar-refractivity contribution in [3.63, 3.8) is 0 Å². The fourth-order valence-corrected chi connectivity index (χ4v) is 3.00. The SMILES string of the molecule is OCCNCCNCc1c(OCc2ccccc2F)ccc2ccccc12. The second-order valence-electron chi connectivity index (χ2n) is 6.29. The molecule has 0 heterocycles. The third-order valence-corrected chi connectivity index (χ3v) is 4.41. The summed E-state index contributed by atoms with van der Waals surface area (Å²) in [6.45, 7) is 3.11. The van der Waals surface area contributed by atoms with Crippen LogP contribution in [0.4, 0.5) is 4.39 Å². The number of rotatable bonds is 10. The zero-order chi connectivity index (χ0) is 18.9. The summed E-state index contributed by atoms with van der Waals surface area (Å²) >= 11 is 0. The van der Waals surface area contributed by atoms with Crippen LogP contribution in [0.2, 0.25) is 0 Å². The highest BCUT2D eigenvalue weighted by atomic mass is 19.1. The Labute approximate surface area is 159 Å². The predicted molar refractivity (Wildman–Crippen MR) is 106 cm³/mol. The number of hydrogen-bond donors (Lipinski definition) is 3. The first kappa shape index (κ1) is 19.3. The molecule has 0 bridgehead atoms. The van der Waals surface area contributed by atoms with Gasteiger partial charge in [-0.1, -0.05) is 48.5 Å². The Balaban J connectivity index is 1.74. The van der Waals surface area contributed by atoms with Gasteiger partial charge in [0.2, 0.25) is 0 Å². The molecule has 0 radical (unpaired) electrons. The van der Waals surface area contributed by atoms with Crippen molar-refractivity contribution in [3.8, 4) is 5.75 Å². The zero-order valence-electron chi connectivity index (χ0n) is 15.2. The van der Waals surface area contributed by atoms with Gasteiger partial charge in [0.15, 0.2) is 0 Å². The molecule has 0 aromatic heterocycles. The van der Waals surface area contributed by atoms with E-state index >= 15 is 0 Å². The maximum atomic E-state index is 13.9. The van der Waals surface area contributed by atoms with Gasteiger partial charge in [-0.15, -0.1) is 0 Å². The van der Waals surface area contributed by atoms with Gasteiger partial charge in [0, 0.05) is 37.3 Å². The lowest BCUT2D eigenvalue weighted by Gasteiger charge is -2.15. The smallest absolute Gasteiger partial charge is 0.129 e. The van der Waals surface area contributed by atoms with Gasteiger partial charge < -0.3 is 20.5 Å². The number of halogens is 1. The highest BCUT2D eigenvalue weighted by Gasteiger charge is 2.10. The summed E-state index contributed by atoms with van der Waals surface area (Å²) in [4.78, 5) is 0. The molecule has 0 atom stereocenters. The molecule has 0 saturated carbocycles. The molecule has 3 aromatic carbocycles. The van der Waals surface area contributed by atoms with Crippen molar-refractivity contribution in [1.29, 1.82) is 0 Å². The summed E-state index contributed by atoms with van der Waals surface area (Å²) in [6.07, 6.45) is 0. The van der Waals surface area contributed by atoms with Gasteiger partial charge in [-0.2, -0.15) is 0 Å². The van der Waals surface area contributed by atoms with Crippen LogP contribution in [-0.2, 0) is 13.2 Å². The van der Waals surface area contributed by atoms with E-state index in [2.05, 4.69) is 22.8 Å². The number of aliphatic hydroxyl groups is 1. The maximum Gasteiger partial charge on any atom is 0.129 e. The zero-order valence-corrected chi connectivity index (χ0v) is 15.2. The van der Waals surface area contributed by atoms with Crippen LogP contribution in [-0.4, -0.2) is 31.3 Å². The molecule has 0 fully saturated rings. The molecule has 0 unspecified atom stereocenters. The van der Waals surface area contributed by atoms with Crippen molar-refractivity contribution in [3.05, 3.63) is 77.6 Å². The highest BCUT2D eigenvalue weighted by molar-refractivity contribution is 5.87. The Morgan fingerprint density at radius 1 is 0.852 bits per heavy atom. The molecule has 142 valence electrons. The van der Waals surface area contributed by atoms with Crippen molar-refractivity contribution < 1.29 is 14.2 Å². The molecule has 5 heteroatoms. The average Bonchev–Trinajstić information content (AvgIpc) is 2.70. The number of benzene rings is 3. The largest absolute Gasteiger partial charge is 0.488 e. The average molecular weight is 368 g/mol. The van der Waals surface area contributed by atoms with Crippen molar-refractivity contribution in [2.75, 3.05) is 26.2 Å². The standard InChI is InChI=1S/C22H25FN2O2/c23-21-8-4-2-6-18(21)16-27-22-10-9-17-5-1-3-7-19(17)20(22)15-25-12-11-24-13-14-26/h1-10,24-26H,11-16H2. The first-order valence-corrected chi connectivity index (χ1v) is 9.18. The minimum Gasteiger partial charge on any atom is -0.488 e. The lowest BCUT2D eigenvalue weighted by molar-refractivity contribution is 0.292. The molecular weight excluding hydrogens is 343 g/mol. The van der Waals surface area contributed by atoms with E-state index in [0.717, 1.165) is 35.2 Å². The van der Waals surface area contributed by atoms with Crippen molar-refractivity contribution in [2.24, 2.45) is 0 Å². The Morgan fingerprint density at radius 3 is 2.48 bits per heavy atom. The first-order chi connectivity index (χ1) is 13.3. The summed E-state index contributed by atoms with van der Waals surface area (Å²) in [5, 5.41) is 17.6. The van der Waals surface area contributed by atoms with Crippen molar-refractivity contribution in [2.45, 2.75) is 13.2 Å². The van der Waals surface area contributed by atoms with E-state index in [-0.39, 0.29) is 19.0 Å². The topological polar surface area (TPSA) is 53.5 Å². The number of fused-ring (bicyclic) bond motifs is 1. The second kappa shape index (κ2) is 10.0. The Kier molecular flexibility index (Phi) is 7.16. The van der Waals surface area contributed by atoms with E-state index in [0.29, 0.717) is 18.7 Å². The summed E-state index contributed by atoms with van der Waals surface area (Å²) in [5.74, 6) is 0.501. The van der Waals surface area contributed by atoms with Gasteiger partial charge in [0.25, 0.3) is 0 Å². The summed E-state index contributed by atoms with van der Waals surface area (Å²) in [6, 6.07) is 18.8. The molecule has 0 spiro atoms. The third kappa shape index (κ3) is 5.26. The van der Waals surface area contributed by atoms with E-state index in [1.54, 1.807) is 12.1 Å². The monoisotopic (exact) mass is 368 g/mol.